The number of carboxylic acid groups (broad SMARTS) is 1. The first kappa shape index (κ1) is 8.64. The molecule has 4 heteroatoms. The average molecular weight is 168 g/mol. The van der Waals surface area contributed by atoms with Crippen molar-refractivity contribution in [2.24, 2.45) is 0 Å². The van der Waals surface area contributed by atoms with Crippen molar-refractivity contribution in [2.75, 3.05) is 5.73 Å². The molecule has 0 bridgehead atoms. The first-order chi connectivity index (χ1) is 5.65. The number of anilines is 1. The van der Waals surface area contributed by atoms with Crippen molar-refractivity contribution < 1.29 is 9.90 Å². The Morgan fingerprint density at radius 2 is 2.42 bits per heavy atom. The fourth-order valence-corrected chi connectivity index (χ4v) is 1.14. The topological polar surface area (TPSA) is 68.2 Å². The van der Waals surface area contributed by atoms with Crippen molar-refractivity contribution in [1.82, 2.24) is 4.57 Å². The molecule has 1 aromatic rings. The van der Waals surface area contributed by atoms with E-state index in [9.17, 15) is 4.79 Å². The highest BCUT2D eigenvalue weighted by atomic mass is 16.4. The van der Waals surface area contributed by atoms with Gasteiger partial charge in [0.05, 0.1) is 5.69 Å². The standard InChI is InChI=1S/C8H12N2O2/c1-2-3-10-5-6(9)4-7(10)8(11)12/h4-5H,2-3,9H2,1H3,(H,11,12). The normalized spacial score (nSPS) is 10.1. The van der Waals surface area contributed by atoms with Crippen LogP contribution < -0.4 is 5.73 Å². The van der Waals surface area contributed by atoms with Crippen LogP contribution in [0.15, 0.2) is 12.3 Å². The molecule has 66 valence electrons. The maximum atomic E-state index is 10.6. The quantitative estimate of drug-likeness (QED) is 0.712. The minimum atomic E-state index is -0.930. The Morgan fingerprint density at radius 1 is 1.75 bits per heavy atom. The Kier molecular flexibility index (Phi) is 2.38. The summed E-state index contributed by atoms with van der Waals surface area (Å²) in [6, 6.07) is 1.47. The zero-order chi connectivity index (χ0) is 9.14. The lowest BCUT2D eigenvalue weighted by Crippen LogP contribution is -2.06. The number of carboxylic acids is 1. The van der Waals surface area contributed by atoms with Crippen molar-refractivity contribution in [3.8, 4) is 0 Å². The van der Waals surface area contributed by atoms with Gasteiger partial charge < -0.3 is 15.4 Å². The molecule has 1 rings (SSSR count). The number of carbonyl (C=O) groups is 1. The van der Waals surface area contributed by atoms with Gasteiger partial charge in [0.1, 0.15) is 5.69 Å². The van der Waals surface area contributed by atoms with Crippen LogP contribution in [0, 0.1) is 0 Å². The summed E-state index contributed by atoms with van der Waals surface area (Å²) in [7, 11) is 0. The van der Waals surface area contributed by atoms with Crippen molar-refractivity contribution in [3.05, 3.63) is 18.0 Å². The summed E-state index contributed by atoms with van der Waals surface area (Å²) >= 11 is 0. The summed E-state index contributed by atoms with van der Waals surface area (Å²) in [6.45, 7) is 2.68. The number of nitrogen functional groups attached to an aromatic ring is 1. The lowest BCUT2D eigenvalue weighted by Gasteiger charge is -2.01. The maximum Gasteiger partial charge on any atom is 0.352 e. The summed E-state index contributed by atoms with van der Waals surface area (Å²) in [4.78, 5) is 10.6. The second kappa shape index (κ2) is 3.30. The lowest BCUT2D eigenvalue weighted by atomic mass is 10.4. The van der Waals surface area contributed by atoms with Gasteiger partial charge in [0.2, 0.25) is 0 Å². The Balaban J connectivity index is 2.99. The number of nitrogens with zero attached hydrogens (tertiary/aromatic N) is 1. The van der Waals surface area contributed by atoms with Gasteiger partial charge in [0, 0.05) is 12.7 Å². The molecule has 12 heavy (non-hydrogen) atoms. The van der Waals surface area contributed by atoms with Crippen LogP contribution in [0.1, 0.15) is 23.8 Å². The SMILES string of the molecule is CCCn1cc(N)cc1C(=O)O. The van der Waals surface area contributed by atoms with E-state index >= 15 is 0 Å². The molecular formula is C8H12N2O2. The summed E-state index contributed by atoms with van der Waals surface area (Å²) in [6.07, 6.45) is 2.54. The van der Waals surface area contributed by atoms with E-state index < -0.39 is 5.97 Å². The number of aromatic nitrogens is 1. The number of aromatic carboxylic acids is 1. The summed E-state index contributed by atoms with van der Waals surface area (Å²) in [5.74, 6) is -0.930. The highest BCUT2D eigenvalue weighted by Gasteiger charge is 2.09. The zero-order valence-corrected chi connectivity index (χ0v) is 6.95. The molecule has 0 atom stereocenters. The average Bonchev–Trinajstić information content (AvgIpc) is 2.32. The molecule has 0 saturated heterocycles. The molecule has 0 amide bonds. The molecule has 0 spiro atoms. The summed E-state index contributed by atoms with van der Waals surface area (Å²) in [5.41, 5.74) is 6.22. The first-order valence-electron chi connectivity index (χ1n) is 3.84. The molecule has 4 nitrogen and oxygen atoms in total. The molecule has 3 N–H and O–H groups in total. The Labute approximate surface area is 70.6 Å². The van der Waals surface area contributed by atoms with E-state index in [-0.39, 0.29) is 5.69 Å². The van der Waals surface area contributed by atoms with Gasteiger partial charge in [-0.25, -0.2) is 4.79 Å². The van der Waals surface area contributed by atoms with Crippen molar-refractivity contribution in [1.29, 1.82) is 0 Å². The van der Waals surface area contributed by atoms with Gasteiger partial charge in [-0.05, 0) is 12.5 Å². The van der Waals surface area contributed by atoms with Crippen LogP contribution in [-0.2, 0) is 6.54 Å². The van der Waals surface area contributed by atoms with Gasteiger partial charge in [-0.15, -0.1) is 0 Å². The number of hydrogen-bond acceptors (Lipinski definition) is 2. The molecule has 0 aliphatic carbocycles. The van der Waals surface area contributed by atoms with E-state index in [1.807, 2.05) is 6.92 Å². The minimum absolute atomic E-state index is 0.259. The summed E-state index contributed by atoms with van der Waals surface area (Å²) < 4.78 is 1.65. The van der Waals surface area contributed by atoms with E-state index in [0.717, 1.165) is 6.42 Å². The number of aryl methyl sites for hydroxylation is 1. The van der Waals surface area contributed by atoms with Crippen molar-refractivity contribution >= 4 is 11.7 Å². The Morgan fingerprint density at radius 3 is 2.92 bits per heavy atom. The molecule has 0 saturated carbocycles. The third-order valence-electron chi connectivity index (χ3n) is 1.60. The van der Waals surface area contributed by atoms with Crippen LogP contribution >= 0.6 is 0 Å². The van der Waals surface area contributed by atoms with E-state index in [0.29, 0.717) is 12.2 Å². The van der Waals surface area contributed by atoms with E-state index in [1.54, 1.807) is 10.8 Å². The Bertz CT molecular complexity index is 291. The van der Waals surface area contributed by atoms with E-state index in [1.165, 1.54) is 6.07 Å². The van der Waals surface area contributed by atoms with Crippen molar-refractivity contribution in [2.45, 2.75) is 19.9 Å². The number of rotatable bonds is 3. The van der Waals surface area contributed by atoms with Crippen LogP contribution in [0.2, 0.25) is 0 Å². The molecular weight excluding hydrogens is 156 g/mol. The van der Waals surface area contributed by atoms with Crippen LogP contribution in [-0.4, -0.2) is 15.6 Å². The van der Waals surface area contributed by atoms with Crippen LogP contribution in [0.5, 0.6) is 0 Å². The molecule has 0 radical (unpaired) electrons. The molecule has 0 unspecified atom stereocenters. The minimum Gasteiger partial charge on any atom is -0.477 e. The second-order valence-electron chi connectivity index (χ2n) is 2.66. The van der Waals surface area contributed by atoms with E-state index in [2.05, 4.69) is 0 Å². The third-order valence-corrected chi connectivity index (χ3v) is 1.60. The van der Waals surface area contributed by atoms with Crippen LogP contribution in [0.4, 0.5) is 5.69 Å². The van der Waals surface area contributed by atoms with Crippen LogP contribution in [0.3, 0.4) is 0 Å². The largest absolute Gasteiger partial charge is 0.477 e. The molecule has 0 aliphatic rings. The van der Waals surface area contributed by atoms with Gasteiger partial charge in [-0.3, -0.25) is 0 Å². The summed E-state index contributed by atoms with van der Waals surface area (Å²) in [5, 5.41) is 8.73. The first-order valence-corrected chi connectivity index (χ1v) is 3.84. The Hall–Kier alpha value is -1.45. The second-order valence-corrected chi connectivity index (χ2v) is 2.66. The third kappa shape index (κ3) is 1.58. The molecule has 1 heterocycles. The van der Waals surface area contributed by atoms with Crippen LogP contribution in [0.25, 0.3) is 0 Å². The van der Waals surface area contributed by atoms with Gasteiger partial charge in [0.15, 0.2) is 0 Å². The van der Waals surface area contributed by atoms with Crippen molar-refractivity contribution in [3.63, 3.8) is 0 Å². The van der Waals surface area contributed by atoms with Gasteiger partial charge in [-0.2, -0.15) is 0 Å². The predicted octanol–water partition coefficient (Wildman–Crippen LogP) is 1.18. The lowest BCUT2D eigenvalue weighted by molar-refractivity contribution is 0.0685. The molecule has 0 aromatic carbocycles. The predicted molar refractivity (Wildman–Crippen MR) is 46.1 cm³/mol. The van der Waals surface area contributed by atoms with Gasteiger partial charge in [-0.1, -0.05) is 6.92 Å². The molecule has 0 fully saturated rings. The van der Waals surface area contributed by atoms with Gasteiger partial charge in [0.25, 0.3) is 0 Å². The smallest absolute Gasteiger partial charge is 0.352 e. The van der Waals surface area contributed by atoms with E-state index in [4.69, 9.17) is 10.8 Å². The molecule has 1 aromatic heterocycles. The monoisotopic (exact) mass is 168 g/mol. The fraction of sp³-hybridized carbons (Fsp3) is 0.375. The highest BCUT2D eigenvalue weighted by molar-refractivity contribution is 5.87. The number of nitrogens with two attached hydrogens (primary N) is 1. The maximum absolute atomic E-state index is 10.6. The number of hydrogen-bond donors (Lipinski definition) is 2. The highest BCUT2D eigenvalue weighted by Crippen LogP contribution is 2.10. The molecule has 0 aliphatic heterocycles. The van der Waals surface area contributed by atoms with Gasteiger partial charge >= 0.3 is 5.97 Å². The zero-order valence-electron chi connectivity index (χ0n) is 6.95. The fourth-order valence-electron chi connectivity index (χ4n) is 1.14.